The molecule has 0 amide bonds. The molecule has 0 spiro atoms. The molecule has 8 atom stereocenters. The molecule has 4 aliphatic rings. The zero-order valence-corrected chi connectivity index (χ0v) is 22.0. The molecule has 2 N–H and O–H groups in total. The minimum Gasteiger partial charge on any atom is -0.482 e. The fraction of sp³-hybridized carbons (Fsp3) is 0.750. The lowest BCUT2D eigenvalue weighted by Crippen LogP contribution is -2.66. The number of ether oxygens (including phenoxy) is 2. The van der Waals surface area contributed by atoms with Crippen molar-refractivity contribution >= 4 is 17.3 Å². The minimum absolute atomic E-state index is 0.00380. The Labute approximate surface area is 207 Å². The Balaban J connectivity index is 1.68. The number of carbonyl (C=O) groups excluding carboxylic acids is 3. The Bertz CT molecular complexity index is 1000. The zero-order valence-electron chi connectivity index (χ0n) is 22.0. The van der Waals surface area contributed by atoms with Gasteiger partial charge in [-0.25, -0.2) is 0 Å². The topological polar surface area (TPSA) is 110 Å². The summed E-state index contributed by atoms with van der Waals surface area (Å²) >= 11 is 0. The lowest BCUT2D eigenvalue weighted by Gasteiger charge is -2.61. The fourth-order valence-electron chi connectivity index (χ4n) is 6.91. The quantitative estimate of drug-likeness (QED) is 0.570. The molecular weight excluding hydrogens is 448 g/mol. The molecule has 35 heavy (non-hydrogen) atoms. The van der Waals surface area contributed by atoms with E-state index in [0.717, 1.165) is 0 Å². The van der Waals surface area contributed by atoms with Gasteiger partial charge in [0.15, 0.2) is 11.5 Å². The average molecular weight is 489 g/mol. The molecule has 2 heterocycles. The highest BCUT2D eigenvalue weighted by Gasteiger charge is 2.64. The van der Waals surface area contributed by atoms with E-state index >= 15 is 0 Å². The van der Waals surface area contributed by atoms with Crippen LogP contribution < -0.4 is 0 Å². The molecule has 194 valence electrons. The number of hydrogen-bond acceptors (Lipinski definition) is 7. The maximum absolute atomic E-state index is 13.5. The van der Waals surface area contributed by atoms with Gasteiger partial charge in [0.1, 0.15) is 11.4 Å². The van der Waals surface area contributed by atoms with Crippen LogP contribution in [-0.2, 0) is 23.9 Å². The number of hydrogen-bond donors (Lipinski definition) is 2. The highest BCUT2D eigenvalue weighted by molar-refractivity contribution is 6.24. The average Bonchev–Trinajstić information content (AvgIpc) is 2.77. The normalized spacial score (nSPS) is 39.1. The second-order valence-electron chi connectivity index (χ2n) is 12.2. The van der Waals surface area contributed by atoms with Gasteiger partial charge < -0.3 is 19.7 Å². The van der Waals surface area contributed by atoms with E-state index < -0.39 is 46.1 Å². The molecule has 0 radical (unpaired) electrons. The van der Waals surface area contributed by atoms with Crippen LogP contribution in [0.25, 0.3) is 0 Å². The van der Waals surface area contributed by atoms with Crippen molar-refractivity contribution in [1.29, 1.82) is 0 Å². The largest absolute Gasteiger partial charge is 0.482 e. The van der Waals surface area contributed by atoms with E-state index in [2.05, 4.69) is 6.92 Å². The SMILES string of the molecule is CC[C@H](C)C(=O)[C@@H](C)C1=CC(=O)C2=C(O[C@]3(C)CC[C@H]4O[C@@H](C(C)(C)O)CC[C@]4(C)C3[C@@H]2O)C1=O. The Morgan fingerprint density at radius 2 is 1.86 bits per heavy atom. The van der Waals surface area contributed by atoms with Gasteiger partial charge in [0.25, 0.3) is 0 Å². The summed E-state index contributed by atoms with van der Waals surface area (Å²) < 4.78 is 12.7. The minimum atomic E-state index is -1.19. The molecule has 4 rings (SSSR count). The summed E-state index contributed by atoms with van der Waals surface area (Å²) in [6.45, 7) is 12.8. The Kier molecular flexibility index (Phi) is 6.47. The van der Waals surface area contributed by atoms with Gasteiger partial charge in [0, 0.05) is 28.7 Å². The van der Waals surface area contributed by atoms with Crippen molar-refractivity contribution in [2.45, 2.75) is 110 Å². The Hall–Kier alpha value is -1.83. The highest BCUT2D eigenvalue weighted by atomic mass is 16.5. The van der Waals surface area contributed by atoms with Gasteiger partial charge in [-0.3, -0.25) is 14.4 Å². The van der Waals surface area contributed by atoms with Gasteiger partial charge in [-0.2, -0.15) is 0 Å². The van der Waals surface area contributed by atoms with Gasteiger partial charge >= 0.3 is 0 Å². The highest BCUT2D eigenvalue weighted by Crippen LogP contribution is 2.59. The van der Waals surface area contributed by atoms with Crippen LogP contribution in [0.15, 0.2) is 23.0 Å². The summed E-state index contributed by atoms with van der Waals surface area (Å²) in [6.07, 6.45) is 2.67. The third-order valence-electron chi connectivity index (χ3n) is 9.27. The maximum Gasteiger partial charge on any atom is 0.224 e. The first-order valence-corrected chi connectivity index (χ1v) is 13.0. The van der Waals surface area contributed by atoms with Crippen LogP contribution in [0.1, 0.15) is 80.6 Å². The smallest absolute Gasteiger partial charge is 0.224 e. The molecule has 0 aromatic carbocycles. The molecular formula is C28H40O7. The van der Waals surface area contributed by atoms with Crippen LogP contribution in [0.2, 0.25) is 0 Å². The van der Waals surface area contributed by atoms with Crippen LogP contribution in [0, 0.1) is 23.2 Å². The molecule has 1 saturated carbocycles. The van der Waals surface area contributed by atoms with Crippen LogP contribution in [0.3, 0.4) is 0 Å². The van der Waals surface area contributed by atoms with Crippen molar-refractivity contribution in [3.8, 4) is 0 Å². The van der Waals surface area contributed by atoms with E-state index in [1.165, 1.54) is 6.08 Å². The van der Waals surface area contributed by atoms with E-state index in [0.29, 0.717) is 32.1 Å². The number of allylic oxidation sites excluding steroid dienone is 2. The summed E-state index contributed by atoms with van der Waals surface area (Å²) in [7, 11) is 0. The molecule has 7 nitrogen and oxygen atoms in total. The zero-order chi connectivity index (χ0) is 26.1. The van der Waals surface area contributed by atoms with Gasteiger partial charge in [-0.1, -0.05) is 27.7 Å². The molecule has 0 aromatic heterocycles. The monoisotopic (exact) mass is 488 g/mol. The number of Topliss-reactive ketones (excluding diaryl/α,β-unsaturated/α-hetero) is 2. The summed E-state index contributed by atoms with van der Waals surface area (Å²) in [4.78, 5) is 39.6. The number of carbonyl (C=O) groups is 3. The van der Waals surface area contributed by atoms with Crippen molar-refractivity contribution in [2.75, 3.05) is 0 Å². The van der Waals surface area contributed by atoms with Crippen LogP contribution in [0.4, 0.5) is 0 Å². The second kappa shape index (κ2) is 8.63. The number of fused-ring (bicyclic) bond motifs is 3. The Morgan fingerprint density at radius 3 is 2.46 bits per heavy atom. The predicted molar refractivity (Wildman–Crippen MR) is 129 cm³/mol. The van der Waals surface area contributed by atoms with Crippen molar-refractivity contribution in [3.05, 3.63) is 23.0 Å². The molecule has 7 heteroatoms. The number of ketones is 3. The number of rotatable bonds is 5. The third-order valence-corrected chi connectivity index (χ3v) is 9.27. The maximum atomic E-state index is 13.5. The molecule has 1 unspecified atom stereocenters. The summed E-state index contributed by atoms with van der Waals surface area (Å²) in [5.41, 5.74) is -2.20. The lowest BCUT2D eigenvalue weighted by molar-refractivity contribution is -0.260. The Morgan fingerprint density at radius 1 is 1.20 bits per heavy atom. The van der Waals surface area contributed by atoms with Crippen molar-refractivity contribution in [1.82, 2.24) is 0 Å². The summed E-state index contributed by atoms with van der Waals surface area (Å²) in [6, 6.07) is 0. The van der Waals surface area contributed by atoms with Gasteiger partial charge in [0.2, 0.25) is 5.78 Å². The standard InChI is InChI=1S/C28H40O7/c1-8-14(2)21(30)15(3)16-13-17(29)20-23(32)25-27(6)11-9-18(26(4,5)33)34-19(27)10-12-28(25,7)35-24(20)22(16)31/h13-15,18-19,23,25,32-33H,8-12H2,1-7H3/t14-,15-,18+,19+,23+,25?,27-,28+/m0/s1. The first-order valence-electron chi connectivity index (χ1n) is 13.0. The molecule has 2 aliphatic carbocycles. The van der Waals surface area contributed by atoms with Gasteiger partial charge in [-0.15, -0.1) is 0 Å². The first kappa shape index (κ1) is 26.2. The molecule has 2 aliphatic heterocycles. The van der Waals surface area contributed by atoms with Gasteiger partial charge in [-0.05, 0) is 59.0 Å². The van der Waals surface area contributed by atoms with E-state index in [1.54, 1.807) is 20.8 Å². The summed E-state index contributed by atoms with van der Waals surface area (Å²) in [5.74, 6) is -2.53. The van der Waals surface area contributed by atoms with E-state index in [4.69, 9.17) is 9.47 Å². The van der Waals surface area contributed by atoms with Crippen LogP contribution in [-0.4, -0.2) is 57.1 Å². The van der Waals surface area contributed by atoms with Crippen LogP contribution >= 0.6 is 0 Å². The lowest BCUT2D eigenvalue weighted by atomic mass is 9.52. The molecule has 0 aromatic rings. The van der Waals surface area contributed by atoms with E-state index in [-0.39, 0.29) is 40.8 Å². The fourth-order valence-corrected chi connectivity index (χ4v) is 6.91. The van der Waals surface area contributed by atoms with Crippen molar-refractivity contribution in [3.63, 3.8) is 0 Å². The predicted octanol–water partition coefficient (Wildman–Crippen LogP) is 3.45. The first-order chi connectivity index (χ1) is 16.2. The summed E-state index contributed by atoms with van der Waals surface area (Å²) in [5, 5.41) is 22.1. The van der Waals surface area contributed by atoms with E-state index in [9.17, 15) is 24.6 Å². The number of aliphatic hydroxyl groups excluding tert-OH is 1. The number of aliphatic hydroxyl groups is 2. The molecule has 2 fully saturated rings. The third kappa shape index (κ3) is 4.04. The molecule has 0 bridgehead atoms. The molecule has 1 saturated heterocycles. The van der Waals surface area contributed by atoms with Crippen LogP contribution in [0.5, 0.6) is 0 Å². The van der Waals surface area contributed by atoms with Gasteiger partial charge in [0.05, 0.1) is 29.5 Å². The van der Waals surface area contributed by atoms with Crippen molar-refractivity contribution in [2.24, 2.45) is 23.2 Å². The van der Waals surface area contributed by atoms with Crippen molar-refractivity contribution < 1.29 is 34.1 Å². The van der Waals surface area contributed by atoms with E-state index in [1.807, 2.05) is 20.8 Å². The second-order valence-corrected chi connectivity index (χ2v) is 12.2.